The van der Waals surface area contributed by atoms with Crippen molar-refractivity contribution in [1.29, 1.82) is 0 Å². The molecule has 1 aliphatic rings. The van der Waals surface area contributed by atoms with Crippen LogP contribution in [0.25, 0.3) is 0 Å². The molecule has 70 valence electrons. The smallest absolute Gasteiger partial charge is 0.186 e. The number of fused-ring (bicyclic) bond motifs is 1. The van der Waals surface area contributed by atoms with Gasteiger partial charge >= 0.3 is 0 Å². The van der Waals surface area contributed by atoms with Crippen LogP contribution >= 0.6 is 0 Å². The minimum Gasteiger partial charge on any atom is -0.484 e. The van der Waals surface area contributed by atoms with E-state index in [2.05, 4.69) is 0 Å². The van der Waals surface area contributed by atoms with Gasteiger partial charge in [0.2, 0.25) is 0 Å². The van der Waals surface area contributed by atoms with Gasteiger partial charge in [0, 0.05) is 0 Å². The fourth-order valence-corrected chi connectivity index (χ4v) is 1.29. The molecule has 0 aromatic heterocycles. The molecule has 0 aliphatic carbocycles. The number of hydrogen-bond acceptors (Lipinski definition) is 4. The molecule has 0 bridgehead atoms. The Morgan fingerprint density at radius 3 is 2.92 bits per heavy atom. The van der Waals surface area contributed by atoms with E-state index >= 15 is 0 Å². The first-order valence-corrected chi connectivity index (χ1v) is 4.16. The molecule has 2 rings (SSSR count). The molecule has 1 unspecified atom stereocenters. The van der Waals surface area contributed by atoms with Crippen LogP contribution in [0.15, 0.2) is 12.1 Å². The Hall–Kier alpha value is -1.58. The van der Waals surface area contributed by atoms with Gasteiger partial charge in [-0.25, -0.2) is 0 Å². The normalized spacial score (nSPS) is 19.9. The van der Waals surface area contributed by atoms with E-state index in [1.807, 2.05) is 6.92 Å². The van der Waals surface area contributed by atoms with E-state index < -0.39 is 0 Å². The fourth-order valence-electron chi connectivity index (χ4n) is 1.29. The highest BCUT2D eigenvalue weighted by atomic mass is 16.6. The van der Waals surface area contributed by atoms with E-state index in [1.165, 1.54) is 0 Å². The summed E-state index contributed by atoms with van der Waals surface area (Å²) in [6, 6.07) is 3.49. The summed E-state index contributed by atoms with van der Waals surface area (Å²) < 4.78 is 10.9. The number of rotatable bonds is 0. The van der Waals surface area contributed by atoms with E-state index in [1.54, 1.807) is 12.1 Å². The Morgan fingerprint density at radius 1 is 1.38 bits per heavy atom. The van der Waals surface area contributed by atoms with E-state index in [0.29, 0.717) is 29.5 Å². The summed E-state index contributed by atoms with van der Waals surface area (Å²) in [5, 5.41) is 0. The third-order valence-corrected chi connectivity index (χ3v) is 1.98. The molecule has 1 aromatic carbocycles. The summed E-state index contributed by atoms with van der Waals surface area (Å²) in [5.74, 6) is 1.24. The summed E-state index contributed by atoms with van der Waals surface area (Å²) in [7, 11) is 0. The predicted molar refractivity (Wildman–Crippen MR) is 50.9 cm³/mol. The SMILES string of the molecule is CC1COc2c(ccc(N)c2N)O1. The van der Waals surface area contributed by atoms with Crippen molar-refractivity contribution in [1.82, 2.24) is 0 Å². The highest BCUT2D eigenvalue weighted by Crippen LogP contribution is 2.40. The molecule has 1 aliphatic heterocycles. The van der Waals surface area contributed by atoms with Crippen LogP contribution in [0, 0.1) is 0 Å². The van der Waals surface area contributed by atoms with Gasteiger partial charge in [0.15, 0.2) is 11.5 Å². The van der Waals surface area contributed by atoms with Gasteiger partial charge in [-0.05, 0) is 19.1 Å². The molecule has 1 heterocycles. The van der Waals surface area contributed by atoms with Crippen molar-refractivity contribution in [3.8, 4) is 11.5 Å². The largest absolute Gasteiger partial charge is 0.484 e. The van der Waals surface area contributed by atoms with E-state index in [0.717, 1.165) is 0 Å². The standard InChI is InChI=1S/C9H12N2O2/c1-5-4-12-9-7(13-5)3-2-6(10)8(9)11/h2-3,5H,4,10-11H2,1H3. The molecule has 0 saturated carbocycles. The average molecular weight is 180 g/mol. The van der Waals surface area contributed by atoms with Crippen molar-refractivity contribution >= 4 is 11.4 Å². The molecule has 4 nitrogen and oxygen atoms in total. The predicted octanol–water partition coefficient (Wildman–Crippen LogP) is 1.01. The van der Waals surface area contributed by atoms with E-state index in [4.69, 9.17) is 20.9 Å². The van der Waals surface area contributed by atoms with Gasteiger partial charge in [0.05, 0.1) is 5.69 Å². The zero-order valence-corrected chi connectivity index (χ0v) is 7.41. The summed E-state index contributed by atoms with van der Waals surface area (Å²) in [5.41, 5.74) is 12.3. The highest BCUT2D eigenvalue weighted by Gasteiger charge is 2.20. The van der Waals surface area contributed by atoms with Crippen molar-refractivity contribution in [2.24, 2.45) is 0 Å². The van der Waals surface area contributed by atoms with Gasteiger partial charge in [0.25, 0.3) is 0 Å². The Labute approximate surface area is 76.4 Å². The number of hydrogen-bond donors (Lipinski definition) is 2. The molecule has 4 heteroatoms. The zero-order chi connectivity index (χ0) is 9.42. The minimum atomic E-state index is 0.0653. The number of nitrogens with two attached hydrogens (primary N) is 2. The highest BCUT2D eigenvalue weighted by molar-refractivity contribution is 5.75. The molecular weight excluding hydrogens is 168 g/mol. The second-order valence-electron chi connectivity index (χ2n) is 3.14. The quantitative estimate of drug-likeness (QED) is 0.584. The van der Waals surface area contributed by atoms with Gasteiger partial charge in [-0.15, -0.1) is 0 Å². The van der Waals surface area contributed by atoms with E-state index in [9.17, 15) is 0 Å². The molecule has 1 atom stereocenters. The Balaban J connectivity index is 2.47. The monoisotopic (exact) mass is 180 g/mol. The van der Waals surface area contributed by atoms with Crippen molar-refractivity contribution in [2.75, 3.05) is 18.1 Å². The molecule has 0 spiro atoms. The third kappa shape index (κ3) is 1.24. The number of ether oxygens (including phenoxy) is 2. The molecule has 0 radical (unpaired) electrons. The molecule has 0 fully saturated rings. The minimum absolute atomic E-state index is 0.0653. The van der Waals surface area contributed by atoms with Crippen LogP contribution in [-0.4, -0.2) is 12.7 Å². The lowest BCUT2D eigenvalue weighted by molar-refractivity contribution is 0.105. The summed E-state index contributed by atoms with van der Waals surface area (Å²) >= 11 is 0. The fraction of sp³-hybridized carbons (Fsp3) is 0.333. The van der Waals surface area contributed by atoms with Crippen LogP contribution in [0.2, 0.25) is 0 Å². The van der Waals surface area contributed by atoms with Gasteiger partial charge in [0.1, 0.15) is 18.4 Å². The number of nitrogen functional groups attached to an aromatic ring is 2. The van der Waals surface area contributed by atoms with Crippen LogP contribution in [0.3, 0.4) is 0 Å². The molecule has 0 saturated heterocycles. The second kappa shape index (κ2) is 2.73. The van der Waals surface area contributed by atoms with Crippen molar-refractivity contribution in [2.45, 2.75) is 13.0 Å². The summed E-state index contributed by atoms with van der Waals surface area (Å²) in [6.07, 6.45) is 0.0653. The molecule has 13 heavy (non-hydrogen) atoms. The summed E-state index contributed by atoms with van der Waals surface area (Å²) in [6.45, 7) is 2.45. The van der Waals surface area contributed by atoms with Gasteiger partial charge in [-0.3, -0.25) is 0 Å². The van der Waals surface area contributed by atoms with E-state index in [-0.39, 0.29) is 6.10 Å². The van der Waals surface area contributed by atoms with Crippen molar-refractivity contribution in [3.63, 3.8) is 0 Å². The number of anilines is 2. The molecule has 4 N–H and O–H groups in total. The van der Waals surface area contributed by atoms with Gasteiger partial charge in [-0.2, -0.15) is 0 Å². The topological polar surface area (TPSA) is 70.5 Å². The first-order chi connectivity index (χ1) is 6.18. The first-order valence-electron chi connectivity index (χ1n) is 4.16. The zero-order valence-electron chi connectivity index (χ0n) is 7.41. The van der Waals surface area contributed by atoms with Gasteiger partial charge < -0.3 is 20.9 Å². The molecular formula is C9H12N2O2. The molecule has 0 amide bonds. The van der Waals surface area contributed by atoms with Crippen molar-refractivity contribution < 1.29 is 9.47 Å². The van der Waals surface area contributed by atoms with Crippen molar-refractivity contribution in [3.05, 3.63) is 12.1 Å². The number of benzene rings is 1. The molecule has 1 aromatic rings. The lowest BCUT2D eigenvalue weighted by Gasteiger charge is -2.25. The Kier molecular flexibility index (Phi) is 1.69. The second-order valence-corrected chi connectivity index (χ2v) is 3.14. The first kappa shape index (κ1) is 8.04. The maximum Gasteiger partial charge on any atom is 0.186 e. The Morgan fingerprint density at radius 2 is 2.15 bits per heavy atom. The van der Waals surface area contributed by atoms with Crippen LogP contribution in [-0.2, 0) is 0 Å². The average Bonchev–Trinajstić information content (AvgIpc) is 2.12. The van der Waals surface area contributed by atoms with Crippen LogP contribution in [0.5, 0.6) is 11.5 Å². The maximum atomic E-state index is 5.72. The lowest BCUT2D eigenvalue weighted by Crippen LogP contribution is -2.26. The maximum absolute atomic E-state index is 5.72. The van der Waals surface area contributed by atoms with Crippen LogP contribution in [0.1, 0.15) is 6.92 Å². The third-order valence-electron chi connectivity index (χ3n) is 1.98. The summed E-state index contributed by atoms with van der Waals surface area (Å²) in [4.78, 5) is 0. The Bertz CT molecular complexity index is 339. The van der Waals surface area contributed by atoms with Crippen LogP contribution in [0.4, 0.5) is 11.4 Å². The van der Waals surface area contributed by atoms with Crippen LogP contribution < -0.4 is 20.9 Å². The lowest BCUT2D eigenvalue weighted by atomic mass is 10.2. The van der Waals surface area contributed by atoms with Gasteiger partial charge in [-0.1, -0.05) is 0 Å².